The molecule has 1 atom stereocenters. The molecule has 21 heavy (non-hydrogen) atoms. The molecule has 1 N–H and O–H groups in total. The summed E-state index contributed by atoms with van der Waals surface area (Å²) >= 11 is 11.3. The summed E-state index contributed by atoms with van der Waals surface area (Å²) in [4.78, 5) is 15.8. The number of aromatic amines is 1. The summed E-state index contributed by atoms with van der Waals surface area (Å²) in [6, 6.07) is 14.6. The minimum absolute atomic E-state index is 0.0863. The zero-order chi connectivity index (χ0) is 15.0. The predicted octanol–water partition coefficient (Wildman–Crippen LogP) is 4.32. The van der Waals surface area contributed by atoms with Gasteiger partial charge < -0.3 is 4.98 Å². The Kier molecular flexibility index (Phi) is 3.66. The second-order valence-electron chi connectivity index (χ2n) is 4.88. The number of H-pyrrole nitrogens is 1. The van der Waals surface area contributed by atoms with Crippen LogP contribution in [0.4, 0.5) is 0 Å². The number of nitrogens with one attached hydrogen (secondary N) is 1. The third-order valence-electron chi connectivity index (χ3n) is 3.58. The lowest BCUT2D eigenvalue weighted by atomic mass is 10.1. The first kappa shape index (κ1) is 14.0. The highest BCUT2D eigenvalue weighted by atomic mass is 35.5. The minimum Gasteiger partial charge on any atom is -0.332 e. The number of halogens is 1. The molecule has 0 spiro atoms. The predicted molar refractivity (Wildman–Crippen MR) is 88.7 cm³/mol. The van der Waals surface area contributed by atoms with Crippen LogP contribution in [0.15, 0.2) is 53.3 Å². The lowest BCUT2D eigenvalue weighted by Crippen LogP contribution is -2.25. The first-order valence-corrected chi connectivity index (χ1v) is 7.35. The summed E-state index contributed by atoms with van der Waals surface area (Å²) in [7, 11) is 0. The molecule has 3 aromatic rings. The van der Waals surface area contributed by atoms with Gasteiger partial charge in [0.25, 0.3) is 5.56 Å². The van der Waals surface area contributed by atoms with Crippen LogP contribution in [0.25, 0.3) is 10.9 Å². The van der Waals surface area contributed by atoms with Crippen LogP contribution < -0.4 is 5.56 Å². The van der Waals surface area contributed by atoms with E-state index in [0.717, 1.165) is 11.1 Å². The van der Waals surface area contributed by atoms with Crippen LogP contribution in [0.3, 0.4) is 0 Å². The van der Waals surface area contributed by atoms with Crippen molar-refractivity contribution in [2.75, 3.05) is 0 Å². The largest absolute Gasteiger partial charge is 0.332 e. The highest BCUT2D eigenvalue weighted by molar-refractivity contribution is 7.71. The standard InChI is InChI=1S/C16H13ClN2OS/c1-10(11-6-8-12(17)9-7-11)19-15(20)13-4-2-3-5-14(13)18-16(19)21/h2-10H,1H3,(H,18,21). The molecular weight excluding hydrogens is 304 g/mol. The van der Waals surface area contributed by atoms with E-state index in [1.165, 1.54) is 0 Å². The van der Waals surface area contributed by atoms with Crippen molar-refractivity contribution in [2.24, 2.45) is 0 Å². The van der Waals surface area contributed by atoms with E-state index in [1.54, 1.807) is 10.6 Å². The second kappa shape index (κ2) is 5.47. The van der Waals surface area contributed by atoms with Crippen LogP contribution in [-0.4, -0.2) is 9.55 Å². The van der Waals surface area contributed by atoms with Crippen molar-refractivity contribution < 1.29 is 0 Å². The number of para-hydroxylation sites is 1. The van der Waals surface area contributed by atoms with Gasteiger partial charge >= 0.3 is 0 Å². The molecule has 2 aromatic carbocycles. The van der Waals surface area contributed by atoms with E-state index in [9.17, 15) is 4.79 Å². The molecule has 3 nitrogen and oxygen atoms in total. The minimum atomic E-state index is -0.164. The van der Waals surface area contributed by atoms with E-state index in [-0.39, 0.29) is 11.6 Å². The van der Waals surface area contributed by atoms with Crippen molar-refractivity contribution in [2.45, 2.75) is 13.0 Å². The van der Waals surface area contributed by atoms with Gasteiger partial charge in [0.05, 0.1) is 16.9 Å². The molecule has 0 saturated heterocycles. The molecule has 1 unspecified atom stereocenters. The highest BCUT2D eigenvalue weighted by Crippen LogP contribution is 2.20. The number of nitrogens with zero attached hydrogens (tertiary/aromatic N) is 1. The van der Waals surface area contributed by atoms with Gasteiger partial charge in [-0.1, -0.05) is 35.9 Å². The Morgan fingerprint density at radius 2 is 1.81 bits per heavy atom. The molecular formula is C16H13ClN2OS. The van der Waals surface area contributed by atoms with Crippen LogP contribution in [-0.2, 0) is 0 Å². The third kappa shape index (κ3) is 2.52. The Morgan fingerprint density at radius 1 is 1.14 bits per heavy atom. The maximum absolute atomic E-state index is 12.7. The summed E-state index contributed by atoms with van der Waals surface area (Å²) in [5, 5.41) is 1.30. The molecule has 0 bridgehead atoms. The summed E-state index contributed by atoms with van der Waals surface area (Å²) in [5.41, 5.74) is 1.65. The third-order valence-corrected chi connectivity index (χ3v) is 4.13. The molecule has 0 aliphatic carbocycles. The van der Waals surface area contributed by atoms with Gasteiger partial charge in [-0.3, -0.25) is 9.36 Å². The molecule has 1 aromatic heterocycles. The lowest BCUT2D eigenvalue weighted by molar-refractivity contribution is 0.600. The monoisotopic (exact) mass is 316 g/mol. The van der Waals surface area contributed by atoms with Crippen LogP contribution in [0.2, 0.25) is 5.02 Å². The number of fused-ring (bicyclic) bond motifs is 1. The number of aromatic nitrogens is 2. The first-order valence-electron chi connectivity index (χ1n) is 6.57. The van der Waals surface area contributed by atoms with Crippen LogP contribution in [0.1, 0.15) is 18.5 Å². The van der Waals surface area contributed by atoms with Crippen molar-refractivity contribution in [1.82, 2.24) is 9.55 Å². The summed E-state index contributed by atoms with van der Waals surface area (Å²) in [6.07, 6.45) is 0. The fourth-order valence-electron chi connectivity index (χ4n) is 2.42. The van der Waals surface area contributed by atoms with E-state index in [4.69, 9.17) is 23.8 Å². The quantitative estimate of drug-likeness (QED) is 0.715. The van der Waals surface area contributed by atoms with Crippen molar-refractivity contribution in [3.05, 3.63) is 74.2 Å². The van der Waals surface area contributed by atoms with Gasteiger partial charge in [0.15, 0.2) is 4.77 Å². The lowest BCUT2D eigenvalue weighted by Gasteiger charge is -2.16. The van der Waals surface area contributed by atoms with Crippen molar-refractivity contribution in [1.29, 1.82) is 0 Å². The first-order chi connectivity index (χ1) is 10.1. The topological polar surface area (TPSA) is 37.8 Å². The van der Waals surface area contributed by atoms with E-state index < -0.39 is 0 Å². The van der Waals surface area contributed by atoms with Gasteiger partial charge in [-0.25, -0.2) is 0 Å². The summed E-state index contributed by atoms with van der Waals surface area (Å²) in [6.45, 7) is 1.95. The van der Waals surface area contributed by atoms with E-state index in [2.05, 4.69) is 4.98 Å². The fourth-order valence-corrected chi connectivity index (χ4v) is 2.90. The SMILES string of the molecule is CC(c1ccc(Cl)cc1)n1c(=S)[nH]c2ccccc2c1=O. The van der Waals surface area contributed by atoms with Gasteiger partial charge in [0, 0.05) is 5.02 Å². The summed E-state index contributed by atoms with van der Waals surface area (Å²) in [5.74, 6) is 0. The number of benzene rings is 2. The number of hydrogen-bond donors (Lipinski definition) is 1. The Hall–Kier alpha value is -1.91. The summed E-state index contributed by atoms with van der Waals surface area (Å²) < 4.78 is 2.02. The van der Waals surface area contributed by atoms with Gasteiger partial charge in [-0.15, -0.1) is 0 Å². The Balaban J connectivity index is 2.22. The van der Waals surface area contributed by atoms with Crippen LogP contribution in [0.5, 0.6) is 0 Å². The molecule has 0 aliphatic heterocycles. The molecule has 0 aliphatic rings. The van der Waals surface area contributed by atoms with Gasteiger partial charge in [-0.2, -0.15) is 0 Å². The Morgan fingerprint density at radius 3 is 2.52 bits per heavy atom. The molecule has 0 saturated carbocycles. The average molecular weight is 317 g/mol. The molecule has 0 radical (unpaired) electrons. The number of hydrogen-bond acceptors (Lipinski definition) is 2. The Labute approximate surface area is 131 Å². The molecule has 0 amide bonds. The Bertz CT molecular complexity index is 912. The van der Waals surface area contributed by atoms with Gasteiger partial charge in [0.1, 0.15) is 0 Å². The second-order valence-corrected chi connectivity index (χ2v) is 5.70. The maximum Gasteiger partial charge on any atom is 0.262 e. The van der Waals surface area contributed by atoms with Crippen molar-refractivity contribution >= 4 is 34.7 Å². The molecule has 0 fully saturated rings. The normalized spacial score (nSPS) is 12.5. The zero-order valence-electron chi connectivity index (χ0n) is 11.3. The number of rotatable bonds is 2. The molecule has 3 rings (SSSR count). The maximum atomic E-state index is 12.7. The van der Waals surface area contributed by atoms with E-state index in [1.807, 2.05) is 49.4 Å². The van der Waals surface area contributed by atoms with Crippen molar-refractivity contribution in [3.8, 4) is 0 Å². The van der Waals surface area contributed by atoms with Crippen LogP contribution >= 0.6 is 23.8 Å². The fraction of sp³-hybridized carbons (Fsp3) is 0.125. The van der Waals surface area contributed by atoms with E-state index in [0.29, 0.717) is 15.2 Å². The van der Waals surface area contributed by atoms with Crippen LogP contribution in [0, 0.1) is 4.77 Å². The average Bonchev–Trinajstić information content (AvgIpc) is 2.48. The molecule has 1 heterocycles. The zero-order valence-corrected chi connectivity index (χ0v) is 12.9. The smallest absolute Gasteiger partial charge is 0.262 e. The van der Waals surface area contributed by atoms with Gasteiger partial charge in [0.2, 0.25) is 0 Å². The van der Waals surface area contributed by atoms with Crippen molar-refractivity contribution in [3.63, 3.8) is 0 Å². The molecule has 106 valence electrons. The molecule has 5 heteroatoms. The van der Waals surface area contributed by atoms with Gasteiger partial charge in [-0.05, 0) is 49.0 Å². The highest BCUT2D eigenvalue weighted by Gasteiger charge is 2.13. The van der Waals surface area contributed by atoms with E-state index >= 15 is 0 Å².